The predicted molar refractivity (Wildman–Crippen MR) is 214 cm³/mol. The lowest BCUT2D eigenvalue weighted by molar-refractivity contribution is 0.0185. The summed E-state index contributed by atoms with van der Waals surface area (Å²) in [6, 6.07) is 12.1. The highest BCUT2D eigenvalue weighted by Crippen LogP contribution is 2.37. The SMILES string of the molecule is CC(C)(C)OC(=O)Oc1ccc(-c2nc(-c3ccc(C=O)cc3OC(=O)OC(C)(C)C)nc(-c3ccc(OC(=O)OC(C)(C)C)cc3OC(=O)OC(C)(C)C)n2)c(C=O)c1. The minimum absolute atomic E-state index is 0.0268. The number of benzene rings is 3. The van der Waals surface area contributed by atoms with E-state index in [1.165, 1.54) is 54.6 Å². The molecule has 0 amide bonds. The number of carbonyl (C=O) groups excluding carboxylic acids is 6. The number of rotatable bonds is 9. The molecule has 17 heteroatoms. The Morgan fingerprint density at radius 3 is 1.18 bits per heavy atom. The number of carbonyl (C=O) groups is 6. The van der Waals surface area contributed by atoms with E-state index < -0.39 is 47.0 Å². The summed E-state index contributed by atoms with van der Waals surface area (Å²) in [6.45, 7) is 19.7. The third-order valence-corrected chi connectivity index (χ3v) is 6.95. The number of hydrogen-bond donors (Lipinski definition) is 0. The number of ether oxygens (including phenoxy) is 8. The van der Waals surface area contributed by atoms with E-state index in [0.29, 0.717) is 12.6 Å². The van der Waals surface area contributed by atoms with Gasteiger partial charge in [0, 0.05) is 22.8 Å². The van der Waals surface area contributed by atoms with Crippen molar-refractivity contribution in [1.82, 2.24) is 15.0 Å². The summed E-state index contributed by atoms with van der Waals surface area (Å²) in [5, 5.41) is 0. The number of aldehydes is 2. The lowest BCUT2D eigenvalue weighted by atomic mass is 10.1. The molecule has 4 aromatic rings. The van der Waals surface area contributed by atoms with E-state index in [-0.39, 0.29) is 68.3 Å². The largest absolute Gasteiger partial charge is 0.514 e. The lowest BCUT2D eigenvalue weighted by Crippen LogP contribution is -2.26. The summed E-state index contributed by atoms with van der Waals surface area (Å²) in [5.74, 6) is -1.02. The second-order valence-corrected chi connectivity index (χ2v) is 17.0. The standard InChI is InChI=1S/C43H47N3O14/c1-40(2,3)57-36(49)53-26-14-17-28(25(20-26)23-48)33-44-34(29-16-13-24(22-47)19-31(29)55-38(51)59-42(7,8)9)46-35(45-33)30-18-15-27(54-37(50)58-41(4,5)6)21-32(30)56-39(52)60-43(10,11)12/h13-23H,1-12H3. The Labute approximate surface area is 346 Å². The Bertz CT molecular complexity index is 2290. The highest BCUT2D eigenvalue weighted by molar-refractivity contribution is 5.88. The quantitative estimate of drug-likeness (QED) is 0.0664. The van der Waals surface area contributed by atoms with Gasteiger partial charge in [0.05, 0.1) is 11.1 Å². The van der Waals surface area contributed by atoms with Gasteiger partial charge in [0.15, 0.2) is 23.8 Å². The minimum atomic E-state index is -1.13. The van der Waals surface area contributed by atoms with Crippen LogP contribution >= 0.6 is 0 Å². The van der Waals surface area contributed by atoms with Gasteiger partial charge in [0.1, 0.15) is 51.7 Å². The monoisotopic (exact) mass is 829 g/mol. The zero-order valence-electron chi connectivity index (χ0n) is 35.4. The summed E-state index contributed by atoms with van der Waals surface area (Å²) in [6.07, 6.45) is -3.26. The molecule has 0 saturated carbocycles. The van der Waals surface area contributed by atoms with Crippen molar-refractivity contribution in [2.45, 2.75) is 105 Å². The highest BCUT2D eigenvalue weighted by atomic mass is 16.8. The molecule has 0 radical (unpaired) electrons. The molecule has 17 nitrogen and oxygen atoms in total. The van der Waals surface area contributed by atoms with E-state index in [0.717, 1.165) is 0 Å². The molecule has 0 aliphatic heterocycles. The van der Waals surface area contributed by atoms with Gasteiger partial charge in [-0.05, 0) is 126 Å². The van der Waals surface area contributed by atoms with E-state index in [9.17, 15) is 28.8 Å². The molecule has 0 unspecified atom stereocenters. The van der Waals surface area contributed by atoms with Gasteiger partial charge in [-0.2, -0.15) is 0 Å². The Hall–Kier alpha value is -6.91. The van der Waals surface area contributed by atoms with E-state index in [4.69, 9.17) is 37.9 Å². The van der Waals surface area contributed by atoms with Gasteiger partial charge < -0.3 is 37.9 Å². The molecule has 0 fully saturated rings. The van der Waals surface area contributed by atoms with Gasteiger partial charge in [-0.1, -0.05) is 6.07 Å². The number of nitrogens with zero attached hydrogens (tertiary/aromatic N) is 3. The maximum Gasteiger partial charge on any atom is 0.514 e. The third-order valence-electron chi connectivity index (χ3n) is 6.95. The molecule has 1 aromatic heterocycles. The average molecular weight is 830 g/mol. The van der Waals surface area contributed by atoms with Crippen LogP contribution < -0.4 is 18.9 Å². The van der Waals surface area contributed by atoms with Crippen molar-refractivity contribution in [2.24, 2.45) is 0 Å². The molecule has 0 N–H and O–H groups in total. The summed E-state index contributed by atoms with van der Waals surface area (Å²) < 4.78 is 43.1. The van der Waals surface area contributed by atoms with Crippen LogP contribution in [0.15, 0.2) is 54.6 Å². The van der Waals surface area contributed by atoms with Crippen molar-refractivity contribution in [3.63, 3.8) is 0 Å². The second-order valence-electron chi connectivity index (χ2n) is 17.0. The second kappa shape index (κ2) is 17.9. The molecule has 3 aromatic carbocycles. The van der Waals surface area contributed by atoms with E-state index in [1.807, 2.05) is 0 Å². The lowest BCUT2D eigenvalue weighted by Gasteiger charge is -2.20. The van der Waals surface area contributed by atoms with Crippen LogP contribution in [-0.4, -0.2) is 74.5 Å². The summed E-state index contributed by atoms with van der Waals surface area (Å²) in [7, 11) is 0. The molecule has 1 heterocycles. The van der Waals surface area contributed by atoms with Crippen molar-refractivity contribution < 1.29 is 66.7 Å². The average Bonchev–Trinajstić information content (AvgIpc) is 3.08. The Morgan fingerprint density at radius 1 is 0.433 bits per heavy atom. The van der Waals surface area contributed by atoms with Gasteiger partial charge in [0.25, 0.3) is 0 Å². The molecular formula is C43H47N3O14. The fourth-order valence-electron chi connectivity index (χ4n) is 4.81. The fourth-order valence-corrected chi connectivity index (χ4v) is 4.81. The molecule has 60 heavy (non-hydrogen) atoms. The maximum atomic E-state index is 13.1. The van der Waals surface area contributed by atoms with Crippen molar-refractivity contribution in [1.29, 1.82) is 0 Å². The van der Waals surface area contributed by atoms with Crippen LogP contribution in [0.1, 0.15) is 104 Å². The van der Waals surface area contributed by atoms with Crippen LogP contribution in [0.3, 0.4) is 0 Å². The maximum absolute atomic E-state index is 13.1. The van der Waals surface area contributed by atoms with E-state index in [1.54, 1.807) is 83.1 Å². The van der Waals surface area contributed by atoms with Gasteiger partial charge in [-0.25, -0.2) is 34.1 Å². The van der Waals surface area contributed by atoms with Crippen LogP contribution in [0.4, 0.5) is 19.2 Å². The van der Waals surface area contributed by atoms with Gasteiger partial charge in [-0.3, -0.25) is 9.59 Å². The molecule has 0 aliphatic carbocycles. The zero-order valence-corrected chi connectivity index (χ0v) is 35.4. The summed E-state index contributed by atoms with van der Waals surface area (Å²) in [4.78, 5) is 89.3. The minimum Gasteiger partial charge on any atom is -0.428 e. The fraction of sp³-hybridized carbons (Fsp3) is 0.372. The summed E-state index contributed by atoms with van der Waals surface area (Å²) >= 11 is 0. The first-order valence-electron chi connectivity index (χ1n) is 18.4. The molecule has 0 atom stereocenters. The van der Waals surface area contributed by atoms with Gasteiger partial charge >= 0.3 is 24.6 Å². The van der Waals surface area contributed by atoms with Crippen molar-refractivity contribution in [2.75, 3.05) is 0 Å². The first-order chi connectivity index (χ1) is 27.7. The number of aromatic nitrogens is 3. The van der Waals surface area contributed by atoms with E-state index >= 15 is 0 Å². The van der Waals surface area contributed by atoms with Crippen molar-refractivity contribution in [3.05, 3.63) is 65.7 Å². The number of hydrogen-bond acceptors (Lipinski definition) is 17. The van der Waals surface area contributed by atoms with Crippen LogP contribution in [-0.2, 0) is 18.9 Å². The zero-order chi connectivity index (χ0) is 44.8. The van der Waals surface area contributed by atoms with Gasteiger partial charge in [0.2, 0.25) is 0 Å². The van der Waals surface area contributed by atoms with Gasteiger partial charge in [-0.15, -0.1) is 0 Å². The molecule has 0 spiro atoms. The molecule has 0 saturated heterocycles. The van der Waals surface area contributed by atoms with Crippen LogP contribution in [0, 0.1) is 0 Å². The van der Waals surface area contributed by atoms with Crippen molar-refractivity contribution >= 4 is 37.2 Å². The Kier molecular flexibility index (Phi) is 13.7. The van der Waals surface area contributed by atoms with Crippen LogP contribution in [0.5, 0.6) is 23.0 Å². The third kappa shape index (κ3) is 13.9. The van der Waals surface area contributed by atoms with Crippen molar-refractivity contribution in [3.8, 4) is 57.2 Å². The first-order valence-corrected chi connectivity index (χ1v) is 18.4. The highest BCUT2D eigenvalue weighted by Gasteiger charge is 2.27. The smallest absolute Gasteiger partial charge is 0.428 e. The molecule has 0 aliphatic rings. The molecular weight excluding hydrogens is 782 g/mol. The first kappa shape index (κ1) is 45.8. The predicted octanol–water partition coefficient (Wildman–Crippen LogP) is 9.75. The Morgan fingerprint density at radius 2 is 0.783 bits per heavy atom. The van der Waals surface area contributed by atoms with Crippen LogP contribution in [0.2, 0.25) is 0 Å². The molecule has 4 rings (SSSR count). The Balaban J connectivity index is 1.99. The topological polar surface area (TPSA) is 215 Å². The van der Waals surface area contributed by atoms with E-state index in [2.05, 4.69) is 15.0 Å². The molecule has 318 valence electrons. The molecule has 0 bridgehead atoms. The van der Waals surface area contributed by atoms with Crippen LogP contribution in [0.25, 0.3) is 34.2 Å². The summed E-state index contributed by atoms with van der Waals surface area (Å²) in [5.41, 5.74) is -3.36. The normalized spacial score (nSPS) is 11.7.